The Balaban J connectivity index is 2.07. The molecule has 1 aliphatic rings. The number of alkyl carbamates (subject to hydrolysis) is 1. The number of amides is 1. The molecule has 2 rings (SSSR count). The van der Waals surface area contributed by atoms with E-state index in [0.29, 0.717) is 12.0 Å². The molecule has 1 aliphatic heterocycles. The first-order chi connectivity index (χ1) is 13.1. The zero-order chi connectivity index (χ0) is 20.7. The molecule has 2 heterocycles. The number of hydrogen-bond acceptors (Lipinski definition) is 8. The minimum absolute atomic E-state index is 0.0914. The predicted molar refractivity (Wildman–Crippen MR) is 104 cm³/mol. The Hall–Kier alpha value is -2.04. The van der Waals surface area contributed by atoms with Crippen LogP contribution >= 0.6 is 15.9 Å². The van der Waals surface area contributed by atoms with Gasteiger partial charge in [0.15, 0.2) is 0 Å². The SMILES string of the molecule is CC(C)(C)OC(=O)N[C@@H](Cc1cncc(Br)c1)C(=O)OC(=O)C1CCCNN1. The maximum Gasteiger partial charge on any atom is 0.408 e. The van der Waals surface area contributed by atoms with Crippen LogP contribution in [-0.4, -0.2) is 47.2 Å². The molecule has 1 fully saturated rings. The van der Waals surface area contributed by atoms with Gasteiger partial charge in [-0.1, -0.05) is 0 Å². The van der Waals surface area contributed by atoms with Crippen molar-refractivity contribution in [2.45, 2.75) is 57.7 Å². The number of pyridine rings is 1. The summed E-state index contributed by atoms with van der Waals surface area (Å²) in [5.74, 6) is -1.55. The first-order valence-electron chi connectivity index (χ1n) is 8.97. The fourth-order valence-corrected chi connectivity index (χ4v) is 2.94. The van der Waals surface area contributed by atoms with Crippen LogP contribution in [0.4, 0.5) is 4.79 Å². The van der Waals surface area contributed by atoms with Gasteiger partial charge in [0.2, 0.25) is 0 Å². The number of hydrazine groups is 1. The van der Waals surface area contributed by atoms with Gasteiger partial charge >= 0.3 is 18.0 Å². The molecule has 1 saturated heterocycles. The molecule has 1 unspecified atom stereocenters. The van der Waals surface area contributed by atoms with Crippen LogP contribution < -0.4 is 16.2 Å². The Labute approximate surface area is 172 Å². The number of nitrogens with one attached hydrogen (secondary N) is 3. The number of carbonyl (C=O) groups excluding carboxylic acids is 3. The molecule has 1 amide bonds. The summed E-state index contributed by atoms with van der Waals surface area (Å²) in [5.41, 5.74) is 5.59. The molecule has 0 spiro atoms. The summed E-state index contributed by atoms with van der Waals surface area (Å²) >= 11 is 3.31. The number of aromatic nitrogens is 1. The van der Waals surface area contributed by atoms with Crippen LogP contribution in [0.1, 0.15) is 39.2 Å². The van der Waals surface area contributed by atoms with Gasteiger partial charge in [0.05, 0.1) is 0 Å². The minimum atomic E-state index is -1.11. The van der Waals surface area contributed by atoms with E-state index in [0.717, 1.165) is 17.4 Å². The molecule has 0 saturated carbocycles. The summed E-state index contributed by atoms with van der Waals surface area (Å²) in [4.78, 5) is 41.0. The van der Waals surface area contributed by atoms with Crippen LogP contribution in [0.2, 0.25) is 0 Å². The van der Waals surface area contributed by atoms with E-state index < -0.39 is 35.7 Å². The molecule has 0 aromatic carbocycles. The summed E-state index contributed by atoms with van der Waals surface area (Å²) in [5, 5.41) is 2.48. The van der Waals surface area contributed by atoms with Gasteiger partial charge in [-0.25, -0.2) is 19.8 Å². The highest BCUT2D eigenvalue weighted by atomic mass is 79.9. The molecule has 154 valence electrons. The van der Waals surface area contributed by atoms with Crippen molar-refractivity contribution in [3.05, 3.63) is 28.5 Å². The molecular weight excluding hydrogens is 432 g/mol. The second-order valence-electron chi connectivity index (χ2n) is 7.42. The average molecular weight is 457 g/mol. The molecule has 1 aromatic heterocycles. The highest BCUT2D eigenvalue weighted by Crippen LogP contribution is 2.13. The third-order valence-corrected chi connectivity index (χ3v) is 4.17. The first kappa shape index (κ1) is 22.3. The van der Waals surface area contributed by atoms with Crippen LogP contribution in [-0.2, 0) is 25.5 Å². The summed E-state index contributed by atoms with van der Waals surface area (Å²) < 4.78 is 10.9. The molecule has 0 radical (unpaired) electrons. The van der Waals surface area contributed by atoms with Gasteiger partial charge in [-0.15, -0.1) is 0 Å². The predicted octanol–water partition coefficient (Wildman–Crippen LogP) is 1.61. The van der Waals surface area contributed by atoms with Gasteiger partial charge in [-0.3, -0.25) is 10.4 Å². The standard InChI is InChI=1S/C18H25BrN4O5/c1-18(2,3)28-17(26)22-14(8-11-7-12(19)10-20-9-11)16(25)27-15(24)13-5-4-6-21-23-13/h7,9-10,13-14,21,23H,4-6,8H2,1-3H3,(H,22,26)/t13?,14-/m0/s1. The van der Waals surface area contributed by atoms with E-state index in [1.54, 1.807) is 39.2 Å². The van der Waals surface area contributed by atoms with Gasteiger partial charge in [-0.2, -0.15) is 0 Å². The second-order valence-corrected chi connectivity index (χ2v) is 8.34. The van der Waals surface area contributed by atoms with Crippen molar-refractivity contribution in [1.29, 1.82) is 0 Å². The molecule has 2 atom stereocenters. The summed E-state index contributed by atoms with van der Waals surface area (Å²) in [6, 6.07) is 0.0391. The van der Waals surface area contributed by atoms with Crippen molar-refractivity contribution in [1.82, 2.24) is 21.2 Å². The summed E-state index contributed by atoms with van der Waals surface area (Å²) in [6.07, 6.45) is 3.82. The molecule has 3 N–H and O–H groups in total. The Kier molecular flexibility index (Phi) is 7.90. The van der Waals surface area contributed by atoms with Crippen molar-refractivity contribution >= 4 is 34.0 Å². The average Bonchev–Trinajstić information content (AvgIpc) is 2.60. The van der Waals surface area contributed by atoms with Gasteiger partial charge in [0.25, 0.3) is 0 Å². The van der Waals surface area contributed by atoms with Crippen LogP contribution in [0.5, 0.6) is 0 Å². The van der Waals surface area contributed by atoms with Crippen LogP contribution in [0.3, 0.4) is 0 Å². The zero-order valence-corrected chi connectivity index (χ0v) is 17.7. The van der Waals surface area contributed by atoms with Crippen LogP contribution in [0.25, 0.3) is 0 Å². The van der Waals surface area contributed by atoms with Crippen molar-refractivity contribution < 1.29 is 23.9 Å². The molecule has 9 nitrogen and oxygen atoms in total. The number of halogens is 1. The van der Waals surface area contributed by atoms with Crippen molar-refractivity contribution in [2.24, 2.45) is 0 Å². The highest BCUT2D eigenvalue weighted by molar-refractivity contribution is 9.10. The Morgan fingerprint density at radius 3 is 2.71 bits per heavy atom. The molecular formula is C18H25BrN4O5. The molecule has 28 heavy (non-hydrogen) atoms. The largest absolute Gasteiger partial charge is 0.444 e. The van der Waals surface area contributed by atoms with E-state index in [-0.39, 0.29) is 6.42 Å². The van der Waals surface area contributed by atoms with Gasteiger partial charge < -0.3 is 14.8 Å². The quantitative estimate of drug-likeness (QED) is 0.451. The van der Waals surface area contributed by atoms with Crippen molar-refractivity contribution in [2.75, 3.05) is 6.54 Å². The Morgan fingerprint density at radius 2 is 2.11 bits per heavy atom. The maximum atomic E-state index is 12.6. The number of carbonyl (C=O) groups is 3. The molecule has 1 aromatic rings. The third kappa shape index (κ3) is 7.53. The highest BCUT2D eigenvalue weighted by Gasteiger charge is 2.30. The number of rotatable bonds is 5. The van der Waals surface area contributed by atoms with Crippen molar-refractivity contribution in [3.8, 4) is 0 Å². The van der Waals surface area contributed by atoms with Crippen LogP contribution in [0.15, 0.2) is 22.9 Å². The van der Waals surface area contributed by atoms with Crippen LogP contribution in [0, 0.1) is 0 Å². The first-order valence-corrected chi connectivity index (χ1v) is 9.76. The Bertz CT molecular complexity index is 716. The molecule has 10 heteroatoms. The third-order valence-electron chi connectivity index (χ3n) is 3.73. The van der Waals surface area contributed by atoms with E-state index in [1.807, 2.05) is 0 Å². The van der Waals surface area contributed by atoms with Gasteiger partial charge in [0.1, 0.15) is 17.7 Å². The van der Waals surface area contributed by atoms with Gasteiger partial charge in [0, 0.05) is 29.8 Å². The normalized spacial score (nSPS) is 18.1. The van der Waals surface area contributed by atoms with E-state index in [9.17, 15) is 14.4 Å². The minimum Gasteiger partial charge on any atom is -0.444 e. The number of ether oxygens (including phenoxy) is 2. The lowest BCUT2D eigenvalue weighted by atomic mass is 10.1. The molecule has 0 bridgehead atoms. The fraction of sp³-hybridized carbons (Fsp3) is 0.556. The lowest BCUT2D eigenvalue weighted by Gasteiger charge is -2.24. The summed E-state index contributed by atoms with van der Waals surface area (Å²) in [6.45, 7) is 5.87. The number of esters is 2. The topological polar surface area (TPSA) is 119 Å². The maximum absolute atomic E-state index is 12.6. The molecule has 0 aliphatic carbocycles. The summed E-state index contributed by atoms with van der Waals surface area (Å²) in [7, 11) is 0. The fourth-order valence-electron chi connectivity index (χ4n) is 2.53. The van der Waals surface area contributed by atoms with E-state index in [4.69, 9.17) is 9.47 Å². The number of nitrogens with zero attached hydrogens (tertiary/aromatic N) is 1. The van der Waals surface area contributed by atoms with Gasteiger partial charge in [-0.05, 0) is 61.2 Å². The lowest BCUT2D eigenvalue weighted by molar-refractivity contribution is -0.163. The van der Waals surface area contributed by atoms with E-state index >= 15 is 0 Å². The lowest BCUT2D eigenvalue weighted by Crippen LogP contribution is -2.52. The number of hydrogen-bond donors (Lipinski definition) is 3. The Morgan fingerprint density at radius 1 is 1.36 bits per heavy atom. The zero-order valence-electron chi connectivity index (χ0n) is 16.1. The smallest absolute Gasteiger partial charge is 0.408 e. The second kappa shape index (κ2) is 9.94. The van der Waals surface area contributed by atoms with E-state index in [1.165, 1.54) is 0 Å². The van der Waals surface area contributed by atoms with E-state index in [2.05, 4.69) is 37.1 Å². The monoisotopic (exact) mass is 456 g/mol. The van der Waals surface area contributed by atoms with Crippen molar-refractivity contribution in [3.63, 3.8) is 0 Å².